The number of sulfonamides is 1. The van der Waals surface area contributed by atoms with E-state index in [0.717, 1.165) is 16.4 Å². The van der Waals surface area contributed by atoms with Crippen LogP contribution in [0.15, 0.2) is 53.7 Å². The van der Waals surface area contributed by atoms with E-state index in [-0.39, 0.29) is 25.6 Å². The molecular weight excluding hydrogens is 357 g/mol. The summed E-state index contributed by atoms with van der Waals surface area (Å²) >= 11 is 0. The topological polar surface area (TPSA) is 59.5 Å². The van der Waals surface area contributed by atoms with Crippen molar-refractivity contribution in [2.75, 3.05) is 19.7 Å². The van der Waals surface area contributed by atoms with Crippen molar-refractivity contribution in [3.63, 3.8) is 0 Å². The van der Waals surface area contributed by atoms with Gasteiger partial charge in [-0.05, 0) is 24.3 Å². The van der Waals surface area contributed by atoms with E-state index < -0.39 is 26.7 Å². The van der Waals surface area contributed by atoms with Gasteiger partial charge in [0.25, 0.3) is 0 Å². The second-order valence-electron chi connectivity index (χ2n) is 5.68. The number of alkyl halides is 3. The first-order chi connectivity index (χ1) is 11.8. The van der Waals surface area contributed by atoms with Gasteiger partial charge in [-0.25, -0.2) is 8.42 Å². The lowest BCUT2D eigenvalue weighted by Gasteiger charge is -2.38. The maximum absolute atomic E-state index is 13.0. The molecule has 134 valence electrons. The molecule has 0 N–H and O–H groups in total. The van der Waals surface area contributed by atoms with E-state index in [0.29, 0.717) is 5.75 Å². The Morgan fingerprint density at radius 2 is 1.88 bits per heavy atom. The third kappa shape index (κ3) is 3.77. The maximum atomic E-state index is 13.0. The lowest BCUT2D eigenvalue weighted by Crippen LogP contribution is -2.52. The van der Waals surface area contributed by atoms with Crippen molar-refractivity contribution in [2.24, 2.45) is 5.92 Å². The number of rotatable bonds is 5. The summed E-state index contributed by atoms with van der Waals surface area (Å²) in [6.07, 6.45) is -1.59. The van der Waals surface area contributed by atoms with Crippen LogP contribution in [-0.2, 0) is 16.2 Å². The zero-order chi connectivity index (χ0) is 18.1. The lowest BCUT2D eigenvalue weighted by atomic mass is 10.1. The molecule has 2 heterocycles. The quantitative estimate of drug-likeness (QED) is 0.810. The maximum Gasteiger partial charge on any atom is 0.417 e. The number of pyridine rings is 1. The van der Waals surface area contributed by atoms with E-state index in [4.69, 9.17) is 4.74 Å². The van der Waals surface area contributed by atoms with Gasteiger partial charge < -0.3 is 4.74 Å². The summed E-state index contributed by atoms with van der Waals surface area (Å²) in [5.41, 5.74) is -1.15. The smallest absolute Gasteiger partial charge is 0.417 e. The molecule has 1 aromatic carbocycles. The first-order valence-corrected chi connectivity index (χ1v) is 8.91. The Balaban J connectivity index is 1.66. The van der Waals surface area contributed by atoms with E-state index in [1.807, 2.05) is 0 Å². The molecule has 0 bridgehead atoms. The summed E-state index contributed by atoms with van der Waals surface area (Å²) in [7, 11) is -4.19. The third-order valence-electron chi connectivity index (χ3n) is 3.85. The van der Waals surface area contributed by atoms with Crippen LogP contribution in [0.1, 0.15) is 5.56 Å². The fourth-order valence-electron chi connectivity index (χ4n) is 2.54. The van der Waals surface area contributed by atoms with Crippen LogP contribution in [-0.4, -0.2) is 37.4 Å². The van der Waals surface area contributed by atoms with Crippen molar-refractivity contribution >= 4 is 10.0 Å². The zero-order valence-corrected chi connectivity index (χ0v) is 13.8. The standard InChI is InChI=1S/C16H15F3N2O3S/c17-16(18,19)14-5-1-2-6-15(14)25(22,23)21-9-12(10-21)11-24-13-4-3-7-20-8-13/h1-8,12H,9-11H2. The monoisotopic (exact) mass is 372 g/mol. The Morgan fingerprint density at radius 3 is 2.52 bits per heavy atom. The molecule has 3 rings (SSSR count). The number of halogens is 3. The van der Waals surface area contributed by atoms with Crippen LogP contribution in [0.5, 0.6) is 5.75 Å². The molecule has 25 heavy (non-hydrogen) atoms. The Kier molecular flexibility index (Phi) is 4.70. The number of hydrogen-bond donors (Lipinski definition) is 0. The fraction of sp³-hybridized carbons (Fsp3) is 0.312. The fourth-order valence-corrected chi connectivity index (χ4v) is 4.34. The zero-order valence-electron chi connectivity index (χ0n) is 13.0. The van der Waals surface area contributed by atoms with Crippen molar-refractivity contribution < 1.29 is 26.3 Å². The van der Waals surface area contributed by atoms with Crippen LogP contribution in [0.2, 0.25) is 0 Å². The highest BCUT2D eigenvalue weighted by atomic mass is 32.2. The minimum Gasteiger partial charge on any atom is -0.492 e. The van der Waals surface area contributed by atoms with Crippen LogP contribution < -0.4 is 4.74 Å². The van der Waals surface area contributed by atoms with Crippen LogP contribution in [0.3, 0.4) is 0 Å². The predicted molar refractivity (Wildman–Crippen MR) is 83.4 cm³/mol. The number of aromatic nitrogens is 1. The molecule has 1 saturated heterocycles. The SMILES string of the molecule is O=S(=O)(c1ccccc1C(F)(F)F)N1CC(COc2cccnc2)C1. The molecule has 0 spiro atoms. The minimum absolute atomic E-state index is 0.0759. The van der Waals surface area contributed by atoms with Gasteiger partial charge in [-0.15, -0.1) is 0 Å². The Morgan fingerprint density at radius 1 is 1.16 bits per heavy atom. The average molecular weight is 372 g/mol. The van der Waals surface area contributed by atoms with Gasteiger partial charge in [0.05, 0.1) is 23.3 Å². The van der Waals surface area contributed by atoms with Crippen LogP contribution in [0.25, 0.3) is 0 Å². The molecule has 0 saturated carbocycles. The molecule has 0 amide bonds. The number of benzene rings is 1. The molecule has 1 aliphatic rings. The van der Waals surface area contributed by atoms with Crippen molar-refractivity contribution in [1.29, 1.82) is 0 Å². The predicted octanol–water partition coefficient (Wildman–Crippen LogP) is 2.80. The molecule has 5 nitrogen and oxygen atoms in total. The molecule has 0 aliphatic carbocycles. The molecule has 1 aromatic heterocycles. The van der Waals surface area contributed by atoms with Crippen LogP contribution in [0.4, 0.5) is 13.2 Å². The summed E-state index contributed by atoms with van der Waals surface area (Å²) in [5, 5.41) is 0. The van der Waals surface area contributed by atoms with Gasteiger partial charge in [0, 0.05) is 25.2 Å². The van der Waals surface area contributed by atoms with Crippen LogP contribution in [0, 0.1) is 5.92 Å². The number of nitrogens with zero attached hydrogens (tertiary/aromatic N) is 2. The van der Waals surface area contributed by atoms with Crippen molar-refractivity contribution in [1.82, 2.24) is 9.29 Å². The Hall–Kier alpha value is -2.13. The molecule has 1 aliphatic heterocycles. The molecule has 0 atom stereocenters. The number of ether oxygens (including phenoxy) is 1. The molecular formula is C16H15F3N2O3S. The van der Waals surface area contributed by atoms with Gasteiger partial charge in [-0.2, -0.15) is 17.5 Å². The Bertz CT molecular complexity index is 835. The van der Waals surface area contributed by atoms with Gasteiger partial charge in [0.1, 0.15) is 5.75 Å². The third-order valence-corrected chi connectivity index (χ3v) is 5.74. The van der Waals surface area contributed by atoms with Crippen molar-refractivity contribution in [3.8, 4) is 5.75 Å². The normalized spacial score (nSPS) is 16.4. The molecule has 9 heteroatoms. The highest BCUT2D eigenvalue weighted by molar-refractivity contribution is 7.89. The summed E-state index contributed by atoms with van der Waals surface area (Å²) < 4.78 is 70.6. The molecule has 0 radical (unpaired) electrons. The van der Waals surface area contributed by atoms with Gasteiger partial charge >= 0.3 is 6.18 Å². The molecule has 0 unspecified atom stereocenters. The second kappa shape index (κ2) is 6.64. The highest BCUT2D eigenvalue weighted by Crippen LogP contribution is 2.36. The van der Waals surface area contributed by atoms with Crippen molar-refractivity contribution in [2.45, 2.75) is 11.1 Å². The van der Waals surface area contributed by atoms with Gasteiger partial charge in [0.2, 0.25) is 10.0 Å². The van der Waals surface area contributed by atoms with E-state index in [1.54, 1.807) is 18.3 Å². The summed E-state index contributed by atoms with van der Waals surface area (Å²) in [5.74, 6) is 0.485. The largest absolute Gasteiger partial charge is 0.492 e. The van der Waals surface area contributed by atoms with E-state index in [1.165, 1.54) is 18.3 Å². The highest BCUT2D eigenvalue weighted by Gasteiger charge is 2.42. The van der Waals surface area contributed by atoms with E-state index in [9.17, 15) is 21.6 Å². The van der Waals surface area contributed by atoms with Gasteiger partial charge in [-0.1, -0.05) is 12.1 Å². The second-order valence-corrected chi connectivity index (χ2v) is 7.59. The average Bonchev–Trinajstić information content (AvgIpc) is 2.53. The van der Waals surface area contributed by atoms with Gasteiger partial charge in [0.15, 0.2) is 0 Å². The molecule has 2 aromatic rings. The van der Waals surface area contributed by atoms with Gasteiger partial charge in [-0.3, -0.25) is 4.98 Å². The lowest BCUT2D eigenvalue weighted by molar-refractivity contribution is -0.139. The number of hydrogen-bond acceptors (Lipinski definition) is 4. The summed E-state index contributed by atoms with van der Waals surface area (Å²) in [6.45, 7) is 0.516. The molecule has 1 fully saturated rings. The summed E-state index contributed by atoms with van der Waals surface area (Å²) in [4.78, 5) is 3.18. The first-order valence-electron chi connectivity index (χ1n) is 7.47. The minimum atomic E-state index is -4.72. The Labute approximate surface area is 143 Å². The first kappa shape index (κ1) is 17.7. The van der Waals surface area contributed by atoms with E-state index in [2.05, 4.69) is 4.98 Å². The van der Waals surface area contributed by atoms with E-state index >= 15 is 0 Å². The summed E-state index contributed by atoms with van der Waals surface area (Å²) in [6, 6.07) is 7.64. The van der Waals surface area contributed by atoms with Crippen LogP contribution >= 0.6 is 0 Å². The van der Waals surface area contributed by atoms with Crippen molar-refractivity contribution in [3.05, 3.63) is 54.4 Å².